The van der Waals surface area contributed by atoms with Crippen molar-refractivity contribution in [1.82, 2.24) is 25.0 Å². The number of aromatic nitrogens is 5. The summed E-state index contributed by atoms with van der Waals surface area (Å²) < 4.78 is 7.74. The molecule has 6 nitrogen and oxygen atoms in total. The van der Waals surface area contributed by atoms with Gasteiger partial charge in [0, 0.05) is 11.6 Å². The lowest BCUT2D eigenvalue weighted by Gasteiger charge is -2.24. The van der Waals surface area contributed by atoms with E-state index in [1.54, 1.807) is 0 Å². The summed E-state index contributed by atoms with van der Waals surface area (Å²) in [5.74, 6) is 2.45. The van der Waals surface area contributed by atoms with Crippen LogP contribution in [-0.4, -0.2) is 31.6 Å². The van der Waals surface area contributed by atoms with Gasteiger partial charge in [-0.3, -0.25) is 5.10 Å². The fourth-order valence-corrected chi connectivity index (χ4v) is 2.70. The molecule has 1 aliphatic carbocycles. The Morgan fingerprint density at radius 2 is 2.32 bits per heavy atom. The first kappa shape index (κ1) is 11.2. The topological polar surface area (TPSA) is 68.6 Å². The van der Waals surface area contributed by atoms with Gasteiger partial charge in [0.1, 0.15) is 12.3 Å². The fraction of sp³-hybridized carbons (Fsp3) is 0.615. The molecule has 0 spiro atoms. The largest absolute Gasteiger partial charge is 0.371 e. The summed E-state index contributed by atoms with van der Waals surface area (Å²) in [6.07, 6.45) is 3.55. The molecule has 1 N–H and O–H groups in total. The molecule has 0 saturated heterocycles. The van der Waals surface area contributed by atoms with E-state index in [9.17, 15) is 0 Å². The minimum atomic E-state index is 0.315. The van der Waals surface area contributed by atoms with Crippen molar-refractivity contribution >= 4 is 0 Å². The second kappa shape index (κ2) is 4.16. The first-order valence-electron chi connectivity index (χ1n) is 6.94. The third-order valence-electron chi connectivity index (χ3n) is 3.99. The van der Waals surface area contributed by atoms with Crippen LogP contribution in [0.1, 0.15) is 49.7 Å². The molecule has 100 valence electrons. The number of rotatable bonds is 3. The average molecular weight is 259 g/mol. The second-order valence-electron chi connectivity index (χ2n) is 5.37. The highest BCUT2D eigenvalue weighted by molar-refractivity contribution is 5.51. The fourth-order valence-electron chi connectivity index (χ4n) is 2.70. The Morgan fingerprint density at radius 3 is 3.11 bits per heavy atom. The summed E-state index contributed by atoms with van der Waals surface area (Å²) in [5.41, 5.74) is 2.13. The second-order valence-corrected chi connectivity index (χ2v) is 5.37. The van der Waals surface area contributed by atoms with Gasteiger partial charge in [0.05, 0.1) is 12.6 Å². The Hall–Kier alpha value is -1.69. The van der Waals surface area contributed by atoms with Gasteiger partial charge in [-0.15, -0.1) is 10.2 Å². The highest BCUT2D eigenvalue weighted by Gasteiger charge is 2.29. The summed E-state index contributed by atoms with van der Waals surface area (Å²) in [6, 6.07) is 2.44. The van der Waals surface area contributed by atoms with Gasteiger partial charge in [-0.1, -0.05) is 6.92 Å². The normalized spacial score (nSPS) is 22.5. The average Bonchev–Trinajstić information content (AvgIpc) is 3.02. The van der Waals surface area contributed by atoms with Crippen LogP contribution in [0.15, 0.2) is 6.07 Å². The molecule has 0 bridgehead atoms. The van der Waals surface area contributed by atoms with Gasteiger partial charge in [-0.25, -0.2) is 0 Å². The van der Waals surface area contributed by atoms with E-state index in [-0.39, 0.29) is 0 Å². The number of nitrogens with one attached hydrogen (secondary N) is 1. The van der Waals surface area contributed by atoms with Crippen molar-refractivity contribution in [3.05, 3.63) is 17.6 Å². The van der Waals surface area contributed by atoms with Gasteiger partial charge in [-0.2, -0.15) is 5.10 Å². The molecule has 19 heavy (non-hydrogen) atoms. The molecular weight excluding hydrogens is 242 g/mol. The van der Waals surface area contributed by atoms with Crippen LogP contribution in [0.25, 0.3) is 11.5 Å². The quantitative estimate of drug-likeness (QED) is 0.915. The third-order valence-corrected chi connectivity index (χ3v) is 3.99. The van der Waals surface area contributed by atoms with Crippen LogP contribution in [0.2, 0.25) is 0 Å². The highest BCUT2D eigenvalue weighted by Crippen LogP contribution is 2.40. The zero-order valence-electron chi connectivity index (χ0n) is 11.0. The molecule has 3 heterocycles. The predicted octanol–water partition coefficient (Wildman–Crippen LogP) is 2.03. The van der Waals surface area contributed by atoms with Crippen LogP contribution in [0.5, 0.6) is 0 Å². The Bertz CT molecular complexity index is 598. The minimum absolute atomic E-state index is 0.315. The number of ether oxygens (including phenoxy) is 1. The first-order chi connectivity index (χ1) is 9.36. The van der Waals surface area contributed by atoms with Gasteiger partial charge >= 0.3 is 0 Å². The van der Waals surface area contributed by atoms with E-state index in [2.05, 4.69) is 38.0 Å². The Labute approximate surface area is 111 Å². The monoisotopic (exact) mass is 259 g/mol. The molecule has 2 aliphatic rings. The van der Waals surface area contributed by atoms with Gasteiger partial charge in [0.2, 0.25) is 0 Å². The summed E-state index contributed by atoms with van der Waals surface area (Å²) in [6.45, 7) is 3.44. The molecule has 2 aromatic rings. The molecule has 0 aromatic carbocycles. The van der Waals surface area contributed by atoms with Crippen LogP contribution in [0, 0.1) is 0 Å². The van der Waals surface area contributed by atoms with Crippen molar-refractivity contribution in [2.24, 2.45) is 0 Å². The van der Waals surface area contributed by atoms with Crippen molar-refractivity contribution in [3.63, 3.8) is 0 Å². The van der Waals surface area contributed by atoms with Crippen molar-refractivity contribution in [1.29, 1.82) is 0 Å². The number of fused-ring (bicyclic) bond motifs is 1. The van der Waals surface area contributed by atoms with Crippen molar-refractivity contribution in [3.8, 4) is 11.5 Å². The van der Waals surface area contributed by atoms with Gasteiger partial charge in [0.15, 0.2) is 11.6 Å². The number of hydrogen-bond donors (Lipinski definition) is 1. The van der Waals surface area contributed by atoms with Crippen LogP contribution < -0.4 is 0 Å². The van der Waals surface area contributed by atoms with Crippen LogP contribution in [0.4, 0.5) is 0 Å². The Morgan fingerprint density at radius 1 is 1.42 bits per heavy atom. The molecule has 0 amide bonds. The number of hydrogen-bond acceptors (Lipinski definition) is 4. The molecule has 2 aromatic heterocycles. The maximum absolute atomic E-state index is 5.55. The Balaban J connectivity index is 1.75. The van der Waals surface area contributed by atoms with Crippen molar-refractivity contribution < 1.29 is 4.74 Å². The molecule has 1 atom stereocenters. The van der Waals surface area contributed by atoms with Crippen LogP contribution in [-0.2, 0) is 11.3 Å². The predicted molar refractivity (Wildman–Crippen MR) is 68.6 cm³/mol. The van der Waals surface area contributed by atoms with E-state index >= 15 is 0 Å². The summed E-state index contributed by atoms with van der Waals surface area (Å²) in [4.78, 5) is 0. The zero-order chi connectivity index (χ0) is 12.8. The molecule has 6 heteroatoms. The SMILES string of the molecule is CCC1COCc2nnc(-c3cc(C4CC4)[nH]n3)n21. The minimum Gasteiger partial charge on any atom is -0.371 e. The zero-order valence-corrected chi connectivity index (χ0v) is 11.0. The molecular formula is C13H17N5O. The van der Waals surface area contributed by atoms with Gasteiger partial charge < -0.3 is 9.30 Å². The lowest BCUT2D eigenvalue weighted by Crippen LogP contribution is -2.24. The maximum atomic E-state index is 5.55. The molecule has 1 fully saturated rings. The van der Waals surface area contributed by atoms with Gasteiger partial charge in [-0.05, 0) is 25.3 Å². The smallest absolute Gasteiger partial charge is 0.184 e. The van der Waals surface area contributed by atoms with Crippen LogP contribution in [0.3, 0.4) is 0 Å². The Kier molecular flexibility index (Phi) is 2.44. The van der Waals surface area contributed by atoms with E-state index in [1.807, 2.05) is 0 Å². The summed E-state index contributed by atoms with van der Waals surface area (Å²) in [7, 11) is 0. The van der Waals surface area contributed by atoms with Crippen molar-refractivity contribution in [2.45, 2.75) is 44.8 Å². The highest BCUT2D eigenvalue weighted by atomic mass is 16.5. The standard InChI is InChI=1S/C13H17N5O/c1-2-9-6-19-7-12-16-17-13(18(9)12)11-5-10(14-15-11)8-3-4-8/h5,8-9H,2-4,6-7H2,1H3,(H,14,15). The number of aromatic amines is 1. The molecule has 1 unspecified atom stereocenters. The number of H-pyrrole nitrogens is 1. The van der Waals surface area contributed by atoms with E-state index in [0.29, 0.717) is 18.6 Å². The molecule has 4 rings (SSSR count). The lowest BCUT2D eigenvalue weighted by molar-refractivity contribution is 0.0542. The van der Waals surface area contributed by atoms with E-state index in [0.717, 1.165) is 30.4 Å². The maximum Gasteiger partial charge on any atom is 0.184 e. The first-order valence-corrected chi connectivity index (χ1v) is 6.94. The number of nitrogens with zero attached hydrogens (tertiary/aromatic N) is 4. The lowest BCUT2D eigenvalue weighted by atomic mass is 10.2. The summed E-state index contributed by atoms with van der Waals surface area (Å²) in [5, 5.41) is 16.1. The molecule has 1 aliphatic heterocycles. The third kappa shape index (κ3) is 1.78. The van der Waals surface area contributed by atoms with Gasteiger partial charge in [0.25, 0.3) is 0 Å². The van der Waals surface area contributed by atoms with E-state index in [4.69, 9.17) is 4.74 Å². The van der Waals surface area contributed by atoms with E-state index < -0.39 is 0 Å². The summed E-state index contributed by atoms with van der Waals surface area (Å²) >= 11 is 0. The van der Waals surface area contributed by atoms with E-state index in [1.165, 1.54) is 18.5 Å². The molecule has 1 saturated carbocycles. The molecule has 0 radical (unpaired) electrons. The van der Waals surface area contributed by atoms with Crippen LogP contribution >= 0.6 is 0 Å². The van der Waals surface area contributed by atoms with Crippen molar-refractivity contribution in [2.75, 3.05) is 6.61 Å².